The molecule has 0 saturated heterocycles. The molecule has 0 amide bonds. The average molecular weight is 199 g/mol. The van der Waals surface area contributed by atoms with E-state index in [1.54, 1.807) is 19.2 Å². The van der Waals surface area contributed by atoms with Gasteiger partial charge in [0.05, 0.1) is 7.11 Å². The maximum Gasteiger partial charge on any atom is 0.124 e. The quantitative estimate of drug-likeness (QED) is 0.805. The lowest BCUT2D eigenvalue weighted by atomic mass is 10.0. The van der Waals surface area contributed by atoms with Crippen LogP contribution in [0.1, 0.15) is 0 Å². The molecule has 0 aliphatic heterocycles. The van der Waals surface area contributed by atoms with E-state index in [9.17, 15) is 5.11 Å². The smallest absolute Gasteiger partial charge is 0.124 e. The Labute approximate surface area is 88.8 Å². The summed E-state index contributed by atoms with van der Waals surface area (Å²) in [5.41, 5.74) is 1.76. The number of hydrogen-bond donors (Lipinski definition) is 1. The van der Waals surface area contributed by atoms with Crippen molar-refractivity contribution >= 4 is 0 Å². The maximum atomic E-state index is 9.63. The molecule has 0 saturated carbocycles. The summed E-state index contributed by atoms with van der Waals surface area (Å²) in [5.74, 6) is 1.04. The number of methoxy groups -OCH3 is 1. The molecule has 0 atom stereocenters. The Bertz CT molecular complexity index is 446. The minimum Gasteiger partial charge on any atom is -0.507 e. The summed E-state index contributed by atoms with van der Waals surface area (Å²) >= 11 is 0. The van der Waals surface area contributed by atoms with E-state index in [0.29, 0.717) is 0 Å². The van der Waals surface area contributed by atoms with Crippen LogP contribution >= 0.6 is 0 Å². The first-order valence-corrected chi connectivity index (χ1v) is 4.65. The number of rotatable bonds is 2. The highest BCUT2D eigenvalue weighted by molar-refractivity contribution is 5.70. The number of benzene rings is 2. The van der Waals surface area contributed by atoms with E-state index >= 15 is 0 Å². The molecule has 0 aliphatic carbocycles. The fourth-order valence-electron chi connectivity index (χ4n) is 1.44. The lowest BCUT2D eigenvalue weighted by Gasteiger charge is -2.05. The van der Waals surface area contributed by atoms with Gasteiger partial charge in [-0.25, -0.2) is 0 Å². The van der Waals surface area contributed by atoms with Crippen molar-refractivity contribution in [3.8, 4) is 22.6 Å². The first-order valence-electron chi connectivity index (χ1n) is 4.65. The molecule has 15 heavy (non-hydrogen) atoms. The Hall–Kier alpha value is -1.96. The van der Waals surface area contributed by atoms with Gasteiger partial charge in [0, 0.05) is 5.56 Å². The van der Waals surface area contributed by atoms with Gasteiger partial charge in [0.1, 0.15) is 11.5 Å². The third-order valence-electron chi connectivity index (χ3n) is 2.24. The van der Waals surface area contributed by atoms with E-state index in [1.807, 2.05) is 30.3 Å². The van der Waals surface area contributed by atoms with E-state index in [2.05, 4.69) is 6.07 Å². The molecule has 0 bridgehead atoms. The van der Waals surface area contributed by atoms with Crippen molar-refractivity contribution in [2.45, 2.75) is 0 Å². The van der Waals surface area contributed by atoms with Crippen molar-refractivity contribution in [3.05, 3.63) is 48.5 Å². The predicted molar refractivity (Wildman–Crippen MR) is 58.9 cm³/mol. The van der Waals surface area contributed by atoms with Gasteiger partial charge in [0.25, 0.3) is 0 Å². The van der Waals surface area contributed by atoms with Crippen LogP contribution in [-0.4, -0.2) is 12.2 Å². The van der Waals surface area contributed by atoms with Crippen molar-refractivity contribution in [2.75, 3.05) is 7.11 Å². The molecule has 2 aromatic rings. The van der Waals surface area contributed by atoms with Crippen molar-refractivity contribution in [1.29, 1.82) is 0 Å². The molecule has 0 unspecified atom stereocenters. The monoisotopic (exact) mass is 199 g/mol. The van der Waals surface area contributed by atoms with Gasteiger partial charge in [-0.15, -0.1) is 0 Å². The summed E-state index contributed by atoms with van der Waals surface area (Å²) in [5, 5.41) is 9.63. The second-order valence-electron chi connectivity index (χ2n) is 3.17. The Morgan fingerprint density at radius 3 is 2.47 bits per heavy atom. The molecule has 1 N–H and O–H groups in total. The van der Waals surface area contributed by atoms with Gasteiger partial charge >= 0.3 is 0 Å². The summed E-state index contributed by atoms with van der Waals surface area (Å²) in [6, 6.07) is 15.5. The topological polar surface area (TPSA) is 29.5 Å². The molecule has 2 heteroatoms. The van der Waals surface area contributed by atoms with E-state index in [1.165, 1.54) is 0 Å². The molecule has 75 valence electrons. The lowest BCUT2D eigenvalue weighted by Crippen LogP contribution is -1.83. The van der Waals surface area contributed by atoms with Crippen LogP contribution in [0, 0.1) is 6.07 Å². The van der Waals surface area contributed by atoms with Crippen LogP contribution in [0.15, 0.2) is 42.5 Å². The van der Waals surface area contributed by atoms with Gasteiger partial charge in [0.2, 0.25) is 0 Å². The molecule has 0 aromatic heterocycles. The minimum absolute atomic E-state index is 0.239. The van der Waals surface area contributed by atoms with E-state index in [-0.39, 0.29) is 5.75 Å². The van der Waals surface area contributed by atoms with Gasteiger partial charge in [-0.2, -0.15) is 0 Å². The van der Waals surface area contributed by atoms with Crippen LogP contribution < -0.4 is 4.74 Å². The second kappa shape index (κ2) is 4.05. The third kappa shape index (κ3) is 1.94. The first-order chi connectivity index (χ1) is 7.31. The SMILES string of the molecule is COc1ccc(-c2cc[c]cc2O)cc1. The highest BCUT2D eigenvalue weighted by Crippen LogP contribution is 2.29. The van der Waals surface area contributed by atoms with E-state index < -0.39 is 0 Å². The summed E-state index contributed by atoms with van der Waals surface area (Å²) in [6.45, 7) is 0. The van der Waals surface area contributed by atoms with Crippen LogP contribution in [-0.2, 0) is 0 Å². The Morgan fingerprint density at radius 2 is 1.87 bits per heavy atom. The number of ether oxygens (including phenoxy) is 1. The van der Waals surface area contributed by atoms with Crippen LogP contribution in [0.25, 0.3) is 11.1 Å². The number of phenols is 1. The van der Waals surface area contributed by atoms with Crippen molar-refractivity contribution in [2.24, 2.45) is 0 Å². The van der Waals surface area contributed by atoms with Gasteiger partial charge in [0.15, 0.2) is 0 Å². The normalized spacial score (nSPS) is 9.93. The molecule has 1 radical (unpaired) electrons. The van der Waals surface area contributed by atoms with Crippen molar-refractivity contribution in [3.63, 3.8) is 0 Å². The molecule has 2 rings (SSSR count). The lowest BCUT2D eigenvalue weighted by molar-refractivity contribution is 0.415. The fraction of sp³-hybridized carbons (Fsp3) is 0.0769. The van der Waals surface area contributed by atoms with Crippen LogP contribution in [0.2, 0.25) is 0 Å². The standard InChI is InChI=1S/C13H11O2/c1-15-11-8-6-10(7-9-11)12-4-2-3-5-13(12)14/h2,4-9,14H,1H3. The average Bonchev–Trinajstić information content (AvgIpc) is 2.30. The summed E-state index contributed by atoms with van der Waals surface area (Å²) in [7, 11) is 1.63. The Balaban J connectivity index is 2.42. The van der Waals surface area contributed by atoms with Crippen molar-refractivity contribution in [1.82, 2.24) is 0 Å². The maximum absolute atomic E-state index is 9.63. The van der Waals surface area contributed by atoms with E-state index in [4.69, 9.17) is 4.74 Å². The number of hydrogen-bond acceptors (Lipinski definition) is 2. The Morgan fingerprint density at radius 1 is 1.13 bits per heavy atom. The van der Waals surface area contributed by atoms with Gasteiger partial charge in [-0.3, -0.25) is 0 Å². The Kier molecular flexibility index (Phi) is 2.59. The molecular weight excluding hydrogens is 188 g/mol. The molecule has 2 nitrogen and oxygen atoms in total. The second-order valence-corrected chi connectivity index (χ2v) is 3.17. The van der Waals surface area contributed by atoms with Crippen LogP contribution in [0.5, 0.6) is 11.5 Å². The highest BCUT2D eigenvalue weighted by atomic mass is 16.5. The summed E-state index contributed by atoms with van der Waals surface area (Å²) in [6.07, 6.45) is 0. The number of aromatic hydroxyl groups is 1. The largest absolute Gasteiger partial charge is 0.507 e. The zero-order valence-corrected chi connectivity index (χ0v) is 8.40. The first kappa shape index (κ1) is 9.59. The predicted octanol–water partition coefficient (Wildman–Crippen LogP) is 2.87. The molecule has 0 heterocycles. The van der Waals surface area contributed by atoms with Crippen LogP contribution in [0.4, 0.5) is 0 Å². The third-order valence-corrected chi connectivity index (χ3v) is 2.24. The van der Waals surface area contributed by atoms with Gasteiger partial charge < -0.3 is 9.84 Å². The van der Waals surface area contributed by atoms with E-state index in [0.717, 1.165) is 16.9 Å². The molecule has 0 fully saturated rings. The highest BCUT2D eigenvalue weighted by Gasteiger charge is 2.02. The molecular formula is C13H11O2. The zero-order valence-electron chi connectivity index (χ0n) is 8.40. The van der Waals surface area contributed by atoms with Gasteiger partial charge in [-0.1, -0.05) is 24.3 Å². The molecule has 0 spiro atoms. The molecule has 0 aliphatic rings. The zero-order chi connectivity index (χ0) is 10.7. The number of phenolic OH excluding ortho intramolecular Hbond substituents is 1. The minimum atomic E-state index is 0.239. The summed E-state index contributed by atoms with van der Waals surface area (Å²) < 4.78 is 5.07. The summed E-state index contributed by atoms with van der Waals surface area (Å²) in [4.78, 5) is 0. The van der Waals surface area contributed by atoms with Gasteiger partial charge in [-0.05, 0) is 29.8 Å². The fourth-order valence-corrected chi connectivity index (χ4v) is 1.44. The van der Waals surface area contributed by atoms with Crippen LogP contribution in [0.3, 0.4) is 0 Å². The molecule has 2 aromatic carbocycles. The van der Waals surface area contributed by atoms with Crippen molar-refractivity contribution < 1.29 is 9.84 Å².